The Kier molecular flexibility index (Phi) is 6.52. The van der Waals surface area contributed by atoms with Crippen molar-refractivity contribution < 1.29 is 9.68 Å². The number of hydrogen-bond donors (Lipinski definition) is 1. The molecule has 3 nitrogen and oxygen atoms in total. The van der Waals surface area contributed by atoms with Crippen LogP contribution < -0.4 is 4.90 Å². The predicted octanol–water partition coefficient (Wildman–Crippen LogP) is 7.52. The first-order valence-electron chi connectivity index (χ1n) is 14.0. The molecule has 0 spiro atoms. The van der Waals surface area contributed by atoms with Crippen molar-refractivity contribution in [1.82, 2.24) is 0 Å². The summed E-state index contributed by atoms with van der Waals surface area (Å²) in [6.45, 7) is 2.24. The fourth-order valence-electron chi connectivity index (χ4n) is 6.47. The quantitative estimate of drug-likeness (QED) is 0.211. The van der Waals surface area contributed by atoms with E-state index in [0.29, 0.717) is 0 Å². The molecule has 0 atom stereocenters. The molecule has 1 aliphatic heterocycles. The van der Waals surface area contributed by atoms with Crippen LogP contribution in [0.5, 0.6) is 0 Å². The van der Waals surface area contributed by atoms with Crippen LogP contribution in [0.2, 0.25) is 0 Å². The Morgan fingerprint density at radius 2 is 1.52 bits per heavy atom. The van der Waals surface area contributed by atoms with E-state index in [2.05, 4.69) is 136 Å². The SMILES string of the molecule is CCc1c2ccccc2c(CO)c2cc(C3=C4C=CC(=[N+](C)C)C=C4S(C)(C)c4cc(N(C)C)ccc43)ccc12. The Balaban J connectivity index is 1.71. The highest BCUT2D eigenvalue weighted by atomic mass is 32.3. The van der Waals surface area contributed by atoms with Crippen molar-refractivity contribution in [3.63, 3.8) is 0 Å². The van der Waals surface area contributed by atoms with Crippen LogP contribution in [0.15, 0.2) is 94.3 Å². The first-order chi connectivity index (χ1) is 19.2. The van der Waals surface area contributed by atoms with Crippen LogP contribution in [0, 0.1) is 0 Å². The fraction of sp³-hybridized carbons (Fsp3) is 0.250. The molecule has 1 aliphatic carbocycles. The van der Waals surface area contributed by atoms with Gasteiger partial charge in [-0.3, -0.25) is 0 Å². The zero-order chi connectivity index (χ0) is 28.3. The molecule has 2 aliphatic rings. The van der Waals surface area contributed by atoms with E-state index < -0.39 is 10.0 Å². The summed E-state index contributed by atoms with van der Waals surface area (Å²) in [5.41, 5.74) is 9.93. The van der Waals surface area contributed by atoms with Crippen molar-refractivity contribution in [2.45, 2.75) is 24.8 Å². The van der Waals surface area contributed by atoms with Gasteiger partial charge in [0.15, 0.2) is 0 Å². The monoisotopic (exact) mass is 547 g/mol. The Bertz CT molecular complexity index is 1830. The number of hydrogen-bond acceptors (Lipinski definition) is 2. The standard InChI is InChI=1S/C36H39N2OS/c1-8-26-27-11-9-10-12-28(27)33(22-39)32-19-23(13-16-29(26)32)36-30-17-14-24(37(2)3)20-34(30)40(6,7)35-21-25(38(4)5)15-18-31(35)36/h9-21,39H,8,22H2,1-7H3/q+1. The number of benzene rings is 4. The second kappa shape index (κ2) is 9.79. The van der Waals surface area contributed by atoms with Gasteiger partial charge in [0, 0.05) is 41.7 Å². The van der Waals surface area contributed by atoms with Gasteiger partial charge in [0.05, 0.1) is 6.61 Å². The van der Waals surface area contributed by atoms with Gasteiger partial charge < -0.3 is 10.0 Å². The molecule has 4 aromatic carbocycles. The van der Waals surface area contributed by atoms with Gasteiger partial charge in [0.25, 0.3) is 0 Å². The summed E-state index contributed by atoms with van der Waals surface area (Å²) in [6.07, 6.45) is 12.8. The zero-order valence-electron chi connectivity index (χ0n) is 24.7. The van der Waals surface area contributed by atoms with Gasteiger partial charge >= 0.3 is 0 Å². The summed E-state index contributed by atoms with van der Waals surface area (Å²) in [6, 6.07) is 22.4. The van der Waals surface area contributed by atoms with Crippen LogP contribution in [0.1, 0.15) is 29.2 Å². The molecular weight excluding hydrogens is 508 g/mol. The maximum atomic E-state index is 10.6. The smallest absolute Gasteiger partial charge is 0.200 e. The molecule has 1 heterocycles. The van der Waals surface area contributed by atoms with Crippen LogP contribution in [0.3, 0.4) is 0 Å². The maximum Gasteiger partial charge on any atom is 0.200 e. The lowest BCUT2D eigenvalue weighted by Crippen LogP contribution is -2.19. The highest BCUT2D eigenvalue weighted by Gasteiger charge is 2.36. The van der Waals surface area contributed by atoms with Crippen LogP contribution in [-0.4, -0.2) is 56.1 Å². The third kappa shape index (κ3) is 3.96. The van der Waals surface area contributed by atoms with Crippen molar-refractivity contribution in [3.05, 3.63) is 112 Å². The average molecular weight is 548 g/mol. The molecule has 6 rings (SSSR count). The molecule has 4 heteroatoms. The lowest BCUT2D eigenvalue weighted by Gasteiger charge is -2.43. The van der Waals surface area contributed by atoms with Crippen molar-refractivity contribution in [3.8, 4) is 0 Å². The summed E-state index contributed by atoms with van der Waals surface area (Å²) >= 11 is 0. The minimum Gasteiger partial charge on any atom is -0.392 e. The third-order valence-electron chi connectivity index (χ3n) is 8.65. The number of aliphatic hydroxyl groups is 1. The molecule has 0 saturated heterocycles. The van der Waals surface area contributed by atoms with E-state index in [1.54, 1.807) is 0 Å². The zero-order valence-corrected chi connectivity index (χ0v) is 25.5. The minimum atomic E-state index is -1.26. The molecule has 0 bridgehead atoms. The van der Waals surface area contributed by atoms with E-state index >= 15 is 0 Å². The average Bonchev–Trinajstić information content (AvgIpc) is 2.95. The maximum absolute atomic E-state index is 10.6. The summed E-state index contributed by atoms with van der Waals surface area (Å²) in [4.78, 5) is 5.04. The van der Waals surface area contributed by atoms with Crippen molar-refractivity contribution in [2.75, 3.05) is 45.6 Å². The van der Waals surface area contributed by atoms with E-state index in [1.807, 2.05) is 0 Å². The van der Waals surface area contributed by atoms with Crippen LogP contribution in [0.4, 0.5) is 5.69 Å². The summed E-state index contributed by atoms with van der Waals surface area (Å²) in [5.74, 6) is 0. The molecule has 0 unspecified atom stereocenters. The van der Waals surface area contributed by atoms with E-state index in [1.165, 1.54) is 59.8 Å². The Morgan fingerprint density at radius 3 is 2.17 bits per heavy atom. The van der Waals surface area contributed by atoms with Gasteiger partial charge in [-0.05, 0) is 98.2 Å². The molecule has 1 N–H and O–H groups in total. The van der Waals surface area contributed by atoms with Gasteiger partial charge in [0.1, 0.15) is 14.1 Å². The highest BCUT2D eigenvalue weighted by molar-refractivity contribution is 8.36. The van der Waals surface area contributed by atoms with Gasteiger partial charge in [0.2, 0.25) is 5.71 Å². The molecule has 40 heavy (non-hydrogen) atoms. The summed E-state index contributed by atoms with van der Waals surface area (Å²) in [5, 5.41) is 15.4. The van der Waals surface area contributed by atoms with Crippen LogP contribution in [-0.2, 0) is 13.0 Å². The molecule has 0 saturated carbocycles. The second-order valence-corrected chi connectivity index (χ2v) is 15.2. The number of fused-ring (bicyclic) bond motifs is 4. The Morgan fingerprint density at radius 1 is 0.825 bits per heavy atom. The number of aliphatic hydroxyl groups excluding tert-OH is 1. The van der Waals surface area contributed by atoms with Crippen molar-refractivity contribution in [1.29, 1.82) is 0 Å². The fourth-order valence-corrected chi connectivity index (χ4v) is 8.98. The van der Waals surface area contributed by atoms with Gasteiger partial charge in [-0.2, -0.15) is 10.0 Å². The summed E-state index contributed by atoms with van der Waals surface area (Å²) < 4.78 is 2.20. The Hall–Kier alpha value is -3.60. The Labute approximate surface area is 239 Å². The number of rotatable bonds is 4. The lowest BCUT2D eigenvalue weighted by atomic mass is 9.85. The number of anilines is 1. The number of aryl methyl sites for hydroxylation is 1. The molecule has 0 aromatic heterocycles. The third-order valence-corrected chi connectivity index (χ3v) is 11.5. The molecule has 204 valence electrons. The second-order valence-electron chi connectivity index (χ2n) is 11.6. The van der Waals surface area contributed by atoms with Crippen molar-refractivity contribution >= 4 is 48.5 Å². The molecule has 0 radical (unpaired) electrons. The highest BCUT2D eigenvalue weighted by Crippen LogP contribution is 2.66. The van der Waals surface area contributed by atoms with Gasteiger partial charge in [-0.25, -0.2) is 4.58 Å². The largest absolute Gasteiger partial charge is 0.392 e. The first-order valence-corrected chi connectivity index (χ1v) is 16.4. The van der Waals surface area contributed by atoms with Crippen LogP contribution >= 0.6 is 10.0 Å². The molecule has 4 aromatic rings. The molecular formula is C36H39N2OS+. The predicted molar refractivity (Wildman–Crippen MR) is 176 cm³/mol. The van der Waals surface area contributed by atoms with Crippen molar-refractivity contribution in [2.24, 2.45) is 0 Å². The summed E-state index contributed by atoms with van der Waals surface area (Å²) in [7, 11) is 7.20. The van der Waals surface area contributed by atoms with Crippen LogP contribution in [0.25, 0.3) is 27.1 Å². The normalized spacial score (nSPS) is 16.6. The van der Waals surface area contributed by atoms with E-state index in [0.717, 1.165) is 22.8 Å². The lowest BCUT2D eigenvalue weighted by molar-refractivity contribution is -0.462. The topological polar surface area (TPSA) is 26.5 Å². The van der Waals surface area contributed by atoms with Gasteiger partial charge in [-0.1, -0.05) is 49.4 Å². The molecule has 0 amide bonds. The number of nitrogens with zero attached hydrogens (tertiary/aromatic N) is 2. The van der Waals surface area contributed by atoms with E-state index in [9.17, 15) is 5.11 Å². The first kappa shape index (κ1) is 26.6. The number of allylic oxidation sites excluding steroid dienone is 4. The van der Waals surface area contributed by atoms with E-state index in [4.69, 9.17) is 0 Å². The van der Waals surface area contributed by atoms with Gasteiger partial charge in [-0.15, -0.1) is 0 Å². The van der Waals surface area contributed by atoms with E-state index in [-0.39, 0.29) is 6.61 Å². The molecule has 0 fully saturated rings. The minimum absolute atomic E-state index is 0.0164.